The second-order valence-electron chi connectivity index (χ2n) is 6.17. The first kappa shape index (κ1) is 15.6. The summed E-state index contributed by atoms with van der Waals surface area (Å²) in [5, 5.41) is 10.8. The van der Waals surface area contributed by atoms with E-state index in [4.69, 9.17) is 9.05 Å². The van der Waals surface area contributed by atoms with Gasteiger partial charge in [0.15, 0.2) is 5.69 Å². The Morgan fingerprint density at radius 3 is 2.88 bits per heavy atom. The summed E-state index contributed by atoms with van der Waals surface area (Å²) in [5.74, 6) is 1.63. The van der Waals surface area contributed by atoms with Gasteiger partial charge in [0.25, 0.3) is 5.91 Å². The van der Waals surface area contributed by atoms with Crippen LogP contribution in [-0.4, -0.2) is 21.2 Å². The van der Waals surface area contributed by atoms with Crippen LogP contribution in [0.15, 0.2) is 33.3 Å². The zero-order valence-electron chi connectivity index (χ0n) is 14.1. The van der Waals surface area contributed by atoms with Crippen LogP contribution in [0.5, 0.6) is 0 Å². The molecule has 0 radical (unpaired) electrons. The highest BCUT2D eigenvalue weighted by atomic mass is 16.5. The first-order valence-corrected chi connectivity index (χ1v) is 8.34. The van der Waals surface area contributed by atoms with Crippen molar-refractivity contribution in [3.05, 3.63) is 52.7 Å². The summed E-state index contributed by atoms with van der Waals surface area (Å²) in [4.78, 5) is 16.6. The van der Waals surface area contributed by atoms with Crippen molar-refractivity contribution in [1.82, 2.24) is 20.6 Å². The number of carbonyl (C=O) groups is 1. The van der Waals surface area contributed by atoms with Crippen LogP contribution in [-0.2, 0) is 12.8 Å². The lowest BCUT2D eigenvalue weighted by Crippen LogP contribution is -2.27. The molecule has 1 atom stereocenters. The number of amides is 1. The first-order valence-electron chi connectivity index (χ1n) is 8.34. The number of nitrogens with one attached hydrogen (secondary N) is 1. The molecule has 0 fully saturated rings. The molecule has 2 aromatic heterocycles. The highest BCUT2D eigenvalue weighted by Gasteiger charge is 2.26. The van der Waals surface area contributed by atoms with Crippen LogP contribution in [0.2, 0.25) is 0 Å². The minimum absolute atomic E-state index is 0.0231. The Kier molecular flexibility index (Phi) is 3.83. The normalized spacial score (nSPS) is 16.0. The van der Waals surface area contributed by atoms with Crippen molar-refractivity contribution in [2.45, 2.75) is 39.2 Å². The number of rotatable bonds is 4. The maximum absolute atomic E-state index is 12.3. The first-order chi connectivity index (χ1) is 12.1. The Morgan fingerprint density at radius 1 is 1.28 bits per heavy atom. The average Bonchev–Trinajstić information content (AvgIpc) is 3.34. The molecule has 1 amide bonds. The van der Waals surface area contributed by atoms with Crippen LogP contribution in [0.1, 0.15) is 52.7 Å². The Labute approximate surface area is 144 Å². The third-order valence-electron chi connectivity index (χ3n) is 4.42. The number of hydrogen-bond donors (Lipinski definition) is 1. The van der Waals surface area contributed by atoms with E-state index >= 15 is 0 Å². The average molecular weight is 338 g/mol. The molecule has 0 saturated heterocycles. The zero-order valence-corrected chi connectivity index (χ0v) is 14.1. The van der Waals surface area contributed by atoms with Crippen LogP contribution in [0.25, 0.3) is 11.4 Å². The van der Waals surface area contributed by atoms with E-state index in [1.54, 1.807) is 13.0 Å². The molecule has 1 unspecified atom stereocenters. The van der Waals surface area contributed by atoms with Gasteiger partial charge in [0.1, 0.15) is 5.76 Å². The van der Waals surface area contributed by atoms with Crippen LogP contribution >= 0.6 is 0 Å². The summed E-state index contributed by atoms with van der Waals surface area (Å²) in [5.41, 5.74) is 3.56. The largest absolute Gasteiger partial charge is 0.361 e. The highest BCUT2D eigenvalue weighted by Crippen LogP contribution is 2.33. The molecule has 0 saturated carbocycles. The summed E-state index contributed by atoms with van der Waals surface area (Å²) in [7, 11) is 0. The summed E-state index contributed by atoms with van der Waals surface area (Å²) < 4.78 is 10.1. The number of hydrogen-bond acceptors (Lipinski definition) is 6. The quantitative estimate of drug-likeness (QED) is 0.786. The molecule has 0 aliphatic heterocycles. The summed E-state index contributed by atoms with van der Waals surface area (Å²) in [6.45, 7) is 3.74. The maximum Gasteiger partial charge on any atom is 0.273 e. The van der Waals surface area contributed by atoms with E-state index in [1.165, 1.54) is 5.56 Å². The molecule has 1 aliphatic rings. The fourth-order valence-corrected chi connectivity index (χ4v) is 3.13. The Balaban J connectivity index is 1.54. The lowest BCUT2D eigenvalue weighted by molar-refractivity contribution is 0.0927. The smallest absolute Gasteiger partial charge is 0.273 e. The lowest BCUT2D eigenvalue weighted by atomic mass is 10.0. The van der Waals surface area contributed by atoms with Crippen molar-refractivity contribution in [1.29, 1.82) is 0 Å². The molecule has 1 aliphatic carbocycles. The third-order valence-corrected chi connectivity index (χ3v) is 4.42. The fourth-order valence-electron chi connectivity index (χ4n) is 3.13. The van der Waals surface area contributed by atoms with Gasteiger partial charge in [-0.1, -0.05) is 29.4 Å². The van der Waals surface area contributed by atoms with E-state index in [1.807, 2.05) is 19.1 Å². The third kappa shape index (κ3) is 2.93. The molecule has 0 bridgehead atoms. The minimum atomic E-state index is -0.218. The van der Waals surface area contributed by atoms with Crippen molar-refractivity contribution in [2.75, 3.05) is 0 Å². The molecule has 0 spiro atoms. The number of carbonyl (C=O) groups excluding carboxylic acids is 1. The summed E-state index contributed by atoms with van der Waals surface area (Å²) >= 11 is 0. The Bertz CT molecular complexity index is 928. The molecule has 4 rings (SSSR count). The van der Waals surface area contributed by atoms with E-state index in [9.17, 15) is 4.79 Å². The molecule has 3 aromatic rings. The van der Waals surface area contributed by atoms with Crippen LogP contribution < -0.4 is 5.32 Å². The number of nitrogens with zero attached hydrogens (tertiary/aromatic N) is 3. The number of aryl methyl sites for hydroxylation is 3. The van der Waals surface area contributed by atoms with Gasteiger partial charge >= 0.3 is 0 Å². The van der Waals surface area contributed by atoms with E-state index < -0.39 is 0 Å². The topological polar surface area (TPSA) is 94.1 Å². The molecule has 7 nitrogen and oxygen atoms in total. The predicted octanol–water partition coefficient (Wildman–Crippen LogP) is 3.01. The molecule has 1 N–H and O–H groups in total. The van der Waals surface area contributed by atoms with Crippen molar-refractivity contribution in [3.63, 3.8) is 0 Å². The number of fused-ring (bicyclic) bond motifs is 1. The highest BCUT2D eigenvalue weighted by molar-refractivity contribution is 5.92. The lowest BCUT2D eigenvalue weighted by Gasteiger charge is -2.13. The van der Waals surface area contributed by atoms with E-state index in [-0.39, 0.29) is 11.9 Å². The second-order valence-corrected chi connectivity index (χ2v) is 6.17. The van der Waals surface area contributed by atoms with Gasteiger partial charge in [-0.05, 0) is 37.0 Å². The van der Waals surface area contributed by atoms with Crippen LogP contribution in [0.4, 0.5) is 0 Å². The van der Waals surface area contributed by atoms with E-state index in [0.717, 1.165) is 24.0 Å². The van der Waals surface area contributed by atoms with Gasteiger partial charge in [-0.25, -0.2) is 0 Å². The SMILES string of the molecule is CCc1nc(-c2ccc3c(c2)CCC3NC(=O)c2cc(C)on2)no1. The van der Waals surface area contributed by atoms with Crippen LogP contribution in [0, 0.1) is 6.92 Å². The molecule has 128 valence electrons. The molecule has 2 heterocycles. The van der Waals surface area contributed by atoms with Crippen molar-refractivity contribution in [3.8, 4) is 11.4 Å². The summed E-state index contributed by atoms with van der Waals surface area (Å²) in [6, 6.07) is 7.68. The minimum Gasteiger partial charge on any atom is -0.361 e. The molecular weight excluding hydrogens is 320 g/mol. The standard InChI is InChI=1S/C18H18N4O3/c1-3-16-20-17(22-25-16)12-4-6-13-11(9-12)5-7-14(13)19-18(23)15-8-10(2)24-21-15/h4,6,8-9,14H,3,5,7H2,1-2H3,(H,19,23). The molecule has 7 heteroatoms. The van der Waals surface area contributed by atoms with E-state index in [2.05, 4.69) is 26.7 Å². The van der Waals surface area contributed by atoms with Crippen molar-refractivity contribution < 1.29 is 13.8 Å². The Hall–Kier alpha value is -2.96. The van der Waals surface area contributed by atoms with Gasteiger partial charge in [-0.3, -0.25) is 4.79 Å². The van der Waals surface area contributed by atoms with Gasteiger partial charge < -0.3 is 14.4 Å². The molecule has 1 aromatic carbocycles. The zero-order chi connectivity index (χ0) is 17.4. The van der Waals surface area contributed by atoms with Gasteiger partial charge in [-0.15, -0.1) is 0 Å². The van der Waals surface area contributed by atoms with Crippen LogP contribution in [0.3, 0.4) is 0 Å². The van der Waals surface area contributed by atoms with Crippen molar-refractivity contribution >= 4 is 5.91 Å². The van der Waals surface area contributed by atoms with Gasteiger partial charge in [-0.2, -0.15) is 4.98 Å². The monoisotopic (exact) mass is 338 g/mol. The van der Waals surface area contributed by atoms with Gasteiger partial charge in [0, 0.05) is 18.1 Å². The second kappa shape index (κ2) is 6.16. The molecule has 25 heavy (non-hydrogen) atoms. The van der Waals surface area contributed by atoms with Gasteiger partial charge in [0.05, 0.1) is 6.04 Å². The van der Waals surface area contributed by atoms with Crippen molar-refractivity contribution in [2.24, 2.45) is 0 Å². The van der Waals surface area contributed by atoms with Gasteiger partial charge in [0.2, 0.25) is 11.7 Å². The number of aromatic nitrogens is 3. The van der Waals surface area contributed by atoms with E-state index in [0.29, 0.717) is 29.6 Å². The Morgan fingerprint density at radius 2 is 2.16 bits per heavy atom. The predicted molar refractivity (Wildman–Crippen MR) is 88.9 cm³/mol. The fraction of sp³-hybridized carbons (Fsp3) is 0.333. The molecular formula is C18H18N4O3. The summed E-state index contributed by atoms with van der Waals surface area (Å²) in [6.07, 6.45) is 2.46. The number of benzene rings is 1. The maximum atomic E-state index is 12.3.